The molecule has 2 aromatic rings. The van der Waals surface area contributed by atoms with Crippen molar-refractivity contribution in [1.29, 1.82) is 0 Å². The van der Waals surface area contributed by atoms with Gasteiger partial charge in [-0.3, -0.25) is 4.79 Å². The number of carbonyl (C=O) groups is 2. The van der Waals surface area contributed by atoms with Crippen LogP contribution in [0.2, 0.25) is 0 Å². The molecule has 6 nitrogen and oxygen atoms in total. The number of rotatable bonds is 8. The van der Waals surface area contributed by atoms with Gasteiger partial charge in [0.25, 0.3) is 0 Å². The molecule has 0 atom stereocenters. The SMILES string of the molecule is CCCC(=O)Oc1c(Br)cc(/C=C2\N=C(c3ccc(C(C)C)cc3)OC2=O)cc1OCC. The molecule has 0 radical (unpaired) electrons. The van der Waals surface area contributed by atoms with Crippen LogP contribution in [0.25, 0.3) is 6.08 Å². The highest BCUT2D eigenvalue weighted by Gasteiger charge is 2.25. The molecule has 0 bridgehead atoms. The summed E-state index contributed by atoms with van der Waals surface area (Å²) in [5.74, 6) is 0.535. The van der Waals surface area contributed by atoms with E-state index >= 15 is 0 Å². The second-order valence-electron chi connectivity index (χ2n) is 7.60. The van der Waals surface area contributed by atoms with Crippen molar-refractivity contribution in [3.8, 4) is 11.5 Å². The van der Waals surface area contributed by atoms with E-state index in [0.717, 1.165) is 5.56 Å². The molecule has 0 fully saturated rings. The Balaban J connectivity index is 1.91. The van der Waals surface area contributed by atoms with E-state index in [-0.39, 0.29) is 17.6 Å². The number of aliphatic imine (C=N–C) groups is 1. The molecule has 0 saturated heterocycles. The molecular formula is C25H26BrNO5. The Morgan fingerprint density at radius 1 is 1.19 bits per heavy atom. The lowest BCUT2D eigenvalue weighted by Gasteiger charge is -2.13. The first-order valence-electron chi connectivity index (χ1n) is 10.6. The van der Waals surface area contributed by atoms with Gasteiger partial charge in [-0.25, -0.2) is 9.79 Å². The van der Waals surface area contributed by atoms with Crippen LogP contribution in [-0.4, -0.2) is 24.4 Å². The molecule has 1 aliphatic rings. The lowest BCUT2D eigenvalue weighted by atomic mass is 10.0. The van der Waals surface area contributed by atoms with Crippen molar-refractivity contribution >= 4 is 39.8 Å². The molecule has 1 heterocycles. The molecule has 3 rings (SSSR count). The minimum atomic E-state index is -0.527. The average molecular weight is 500 g/mol. The van der Waals surface area contributed by atoms with Crippen molar-refractivity contribution in [1.82, 2.24) is 0 Å². The fraction of sp³-hybridized carbons (Fsp3) is 0.320. The molecule has 0 spiro atoms. The van der Waals surface area contributed by atoms with Crippen molar-refractivity contribution in [3.63, 3.8) is 0 Å². The summed E-state index contributed by atoms with van der Waals surface area (Å²) in [5, 5.41) is 0. The topological polar surface area (TPSA) is 74.2 Å². The summed E-state index contributed by atoms with van der Waals surface area (Å²) in [6.45, 7) is 8.37. The normalized spacial score (nSPS) is 14.5. The highest BCUT2D eigenvalue weighted by atomic mass is 79.9. The molecule has 7 heteroatoms. The molecule has 0 aromatic heterocycles. The Morgan fingerprint density at radius 2 is 1.91 bits per heavy atom. The number of carbonyl (C=O) groups excluding carboxylic acids is 2. The second kappa shape index (κ2) is 10.6. The molecule has 2 aromatic carbocycles. The first-order valence-corrected chi connectivity index (χ1v) is 11.4. The Kier molecular flexibility index (Phi) is 7.85. The average Bonchev–Trinajstić information content (AvgIpc) is 3.11. The van der Waals surface area contributed by atoms with Gasteiger partial charge < -0.3 is 14.2 Å². The van der Waals surface area contributed by atoms with Gasteiger partial charge in [0.1, 0.15) is 0 Å². The van der Waals surface area contributed by atoms with Crippen molar-refractivity contribution in [3.05, 3.63) is 63.3 Å². The van der Waals surface area contributed by atoms with Gasteiger partial charge in [-0.1, -0.05) is 32.9 Å². The van der Waals surface area contributed by atoms with Gasteiger partial charge in [0.2, 0.25) is 5.90 Å². The summed E-state index contributed by atoms with van der Waals surface area (Å²) in [6, 6.07) is 11.2. The van der Waals surface area contributed by atoms with Crippen LogP contribution in [0.3, 0.4) is 0 Å². The van der Waals surface area contributed by atoms with E-state index in [2.05, 4.69) is 34.8 Å². The van der Waals surface area contributed by atoms with Crippen LogP contribution in [0.5, 0.6) is 11.5 Å². The number of hydrogen-bond donors (Lipinski definition) is 0. The highest BCUT2D eigenvalue weighted by Crippen LogP contribution is 2.38. The Morgan fingerprint density at radius 3 is 2.53 bits per heavy atom. The molecule has 1 aliphatic heterocycles. The first-order chi connectivity index (χ1) is 15.3. The number of esters is 2. The summed E-state index contributed by atoms with van der Waals surface area (Å²) in [4.78, 5) is 28.7. The predicted octanol–water partition coefficient (Wildman–Crippen LogP) is 6.02. The summed E-state index contributed by atoms with van der Waals surface area (Å²) < 4.78 is 17.0. The molecule has 0 amide bonds. The number of ether oxygens (including phenoxy) is 3. The molecule has 0 aliphatic carbocycles. The van der Waals surface area contributed by atoms with Crippen LogP contribution >= 0.6 is 15.9 Å². The van der Waals surface area contributed by atoms with Crippen molar-refractivity contribution in [2.24, 2.45) is 4.99 Å². The maximum absolute atomic E-state index is 12.4. The van der Waals surface area contributed by atoms with Gasteiger partial charge >= 0.3 is 11.9 Å². The zero-order valence-corrected chi connectivity index (χ0v) is 20.2. The standard InChI is InChI=1S/C25H26BrNO5/c1-5-7-22(28)31-23-19(26)12-16(14-21(23)30-6-2)13-20-25(29)32-24(27-20)18-10-8-17(9-11-18)15(3)4/h8-15H,5-7H2,1-4H3/b20-13-. The van der Waals surface area contributed by atoms with E-state index < -0.39 is 5.97 Å². The lowest BCUT2D eigenvalue weighted by Crippen LogP contribution is -2.09. The fourth-order valence-electron chi connectivity index (χ4n) is 3.10. The second-order valence-corrected chi connectivity index (χ2v) is 8.45. The van der Waals surface area contributed by atoms with E-state index in [9.17, 15) is 9.59 Å². The van der Waals surface area contributed by atoms with E-state index in [1.54, 1.807) is 18.2 Å². The van der Waals surface area contributed by atoms with E-state index in [4.69, 9.17) is 14.2 Å². The zero-order chi connectivity index (χ0) is 23.3. The highest BCUT2D eigenvalue weighted by molar-refractivity contribution is 9.10. The zero-order valence-electron chi connectivity index (χ0n) is 18.6. The van der Waals surface area contributed by atoms with Crippen LogP contribution in [0.1, 0.15) is 63.1 Å². The minimum Gasteiger partial charge on any atom is -0.490 e. The number of hydrogen-bond acceptors (Lipinski definition) is 6. The van der Waals surface area contributed by atoms with Crippen molar-refractivity contribution in [2.45, 2.75) is 46.5 Å². The number of cyclic esters (lactones) is 1. The molecule has 0 unspecified atom stereocenters. The van der Waals surface area contributed by atoms with Gasteiger partial charge in [0.05, 0.1) is 11.1 Å². The third-order valence-corrected chi connectivity index (χ3v) is 5.34. The van der Waals surface area contributed by atoms with Crippen LogP contribution in [0.4, 0.5) is 0 Å². The lowest BCUT2D eigenvalue weighted by molar-refractivity contribution is -0.134. The molecular weight excluding hydrogens is 474 g/mol. The van der Waals surface area contributed by atoms with Crippen LogP contribution in [0.15, 0.2) is 51.6 Å². The largest absolute Gasteiger partial charge is 0.490 e. The fourth-order valence-corrected chi connectivity index (χ4v) is 3.64. The van der Waals surface area contributed by atoms with E-state index in [0.29, 0.717) is 46.9 Å². The quantitative estimate of drug-likeness (QED) is 0.252. The first kappa shape index (κ1) is 23.7. The maximum atomic E-state index is 12.4. The van der Waals surface area contributed by atoms with Gasteiger partial charge in [0, 0.05) is 12.0 Å². The van der Waals surface area contributed by atoms with Crippen LogP contribution in [-0.2, 0) is 14.3 Å². The van der Waals surface area contributed by atoms with Crippen molar-refractivity contribution in [2.75, 3.05) is 6.61 Å². The summed E-state index contributed by atoms with van der Waals surface area (Å²) in [6.07, 6.45) is 2.61. The number of benzene rings is 2. The van der Waals surface area contributed by atoms with Gasteiger partial charge in [-0.2, -0.15) is 0 Å². The third-order valence-electron chi connectivity index (χ3n) is 4.75. The Hall–Kier alpha value is -2.93. The summed E-state index contributed by atoms with van der Waals surface area (Å²) >= 11 is 3.44. The number of halogens is 1. The predicted molar refractivity (Wildman–Crippen MR) is 127 cm³/mol. The Labute approximate surface area is 196 Å². The maximum Gasteiger partial charge on any atom is 0.363 e. The van der Waals surface area contributed by atoms with Crippen LogP contribution in [0, 0.1) is 0 Å². The Bertz CT molecular complexity index is 1070. The van der Waals surface area contributed by atoms with Gasteiger partial charge in [-0.05, 0) is 76.7 Å². The molecule has 0 saturated carbocycles. The monoisotopic (exact) mass is 499 g/mol. The van der Waals surface area contributed by atoms with E-state index in [1.165, 1.54) is 5.56 Å². The molecule has 32 heavy (non-hydrogen) atoms. The van der Waals surface area contributed by atoms with Gasteiger partial charge in [0.15, 0.2) is 17.2 Å². The van der Waals surface area contributed by atoms with Gasteiger partial charge in [-0.15, -0.1) is 0 Å². The van der Waals surface area contributed by atoms with Crippen LogP contribution < -0.4 is 9.47 Å². The number of nitrogens with zero attached hydrogens (tertiary/aromatic N) is 1. The van der Waals surface area contributed by atoms with Crippen molar-refractivity contribution < 1.29 is 23.8 Å². The smallest absolute Gasteiger partial charge is 0.363 e. The molecule has 0 N–H and O–H groups in total. The van der Waals surface area contributed by atoms with E-state index in [1.807, 2.05) is 38.1 Å². The summed E-state index contributed by atoms with van der Waals surface area (Å²) in [7, 11) is 0. The summed E-state index contributed by atoms with van der Waals surface area (Å²) in [5.41, 5.74) is 2.77. The minimum absolute atomic E-state index is 0.179. The third kappa shape index (κ3) is 5.65. The molecule has 168 valence electrons.